The minimum Gasteiger partial charge on any atom is -0.492 e. The number of amides is 1. The predicted molar refractivity (Wildman–Crippen MR) is 109 cm³/mol. The summed E-state index contributed by atoms with van der Waals surface area (Å²) in [5.41, 5.74) is 2.62. The van der Waals surface area contributed by atoms with Crippen LogP contribution in [0.15, 0.2) is 72.0 Å². The maximum Gasteiger partial charge on any atom is 0.225 e. The molecule has 0 saturated heterocycles. The molecule has 5 nitrogen and oxygen atoms in total. The molecule has 3 rings (SSSR count). The van der Waals surface area contributed by atoms with Crippen LogP contribution in [0.25, 0.3) is 11.3 Å². The second-order valence-corrected chi connectivity index (χ2v) is 6.80. The van der Waals surface area contributed by atoms with Gasteiger partial charge in [-0.1, -0.05) is 42.5 Å². The Hall–Kier alpha value is -2.86. The third-order valence-electron chi connectivity index (χ3n) is 3.75. The highest BCUT2D eigenvalue weighted by atomic mass is 32.2. The normalized spacial score (nSPS) is 10.4. The molecular weight excluding hydrogens is 358 g/mol. The monoisotopic (exact) mass is 379 g/mol. The number of nitrogens with one attached hydrogen (secondary N) is 1. The number of rotatable bonds is 8. The van der Waals surface area contributed by atoms with Crippen LogP contribution in [-0.4, -0.2) is 28.2 Å². The summed E-state index contributed by atoms with van der Waals surface area (Å²) in [6.07, 6.45) is 1.94. The number of carbonyl (C=O) groups excluding carboxylic acids is 1. The zero-order valence-electron chi connectivity index (χ0n) is 15.1. The van der Waals surface area contributed by atoms with Crippen LogP contribution in [0.1, 0.15) is 13.3 Å². The number of carbonyl (C=O) groups is 1. The summed E-state index contributed by atoms with van der Waals surface area (Å²) in [5, 5.41) is 3.76. The fourth-order valence-corrected chi connectivity index (χ4v) is 3.31. The first-order valence-corrected chi connectivity index (χ1v) is 9.76. The lowest BCUT2D eigenvalue weighted by atomic mass is 10.1. The Morgan fingerprint density at radius 2 is 1.85 bits per heavy atom. The molecular formula is C21H21N3O2S. The Morgan fingerprint density at radius 3 is 2.67 bits per heavy atom. The molecule has 1 aromatic heterocycles. The number of anilines is 1. The van der Waals surface area contributed by atoms with Crippen molar-refractivity contribution < 1.29 is 9.53 Å². The van der Waals surface area contributed by atoms with Gasteiger partial charge in [0.25, 0.3) is 0 Å². The zero-order chi connectivity index (χ0) is 18.9. The predicted octanol–water partition coefficient (Wildman–Crippen LogP) is 4.66. The van der Waals surface area contributed by atoms with Crippen molar-refractivity contribution in [1.29, 1.82) is 0 Å². The maximum atomic E-state index is 12.2. The van der Waals surface area contributed by atoms with Crippen molar-refractivity contribution in [2.75, 3.05) is 17.7 Å². The smallest absolute Gasteiger partial charge is 0.225 e. The average Bonchev–Trinajstić information content (AvgIpc) is 2.71. The van der Waals surface area contributed by atoms with Gasteiger partial charge in [-0.15, -0.1) is 11.8 Å². The molecule has 3 aromatic rings. The summed E-state index contributed by atoms with van der Waals surface area (Å²) in [6, 6.07) is 19.4. The number of aromatic nitrogens is 2. The minimum absolute atomic E-state index is 0.0491. The summed E-state index contributed by atoms with van der Waals surface area (Å²) in [6.45, 7) is 2.47. The first kappa shape index (κ1) is 18.9. The summed E-state index contributed by atoms with van der Waals surface area (Å²) in [7, 11) is 0. The molecule has 0 atom stereocenters. The van der Waals surface area contributed by atoms with Crippen LogP contribution in [0, 0.1) is 0 Å². The molecule has 0 fully saturated rings. The van der Waals surface area contributed by atoms with Gasteiger partial charge in [0.15, 0.2) is 0 Å². The van der Waals surface area contributed by atoms with Crippen LogP contribution in [0.3, 0.4) is 0 Å². The number of thioether (sulfide) groups is 1. The topological polar surface area (TPSA) is 64.1 Å². The highest BCUT2D eigenvalue weighted by molar-refractivity contribution is 7.99. The van der Waals surface area contributed by atoms with E-state index in [2.05, 4.69) is 15.3 Å². The van der Waals surface area contributed by atoms with E-state index in [1.165, 1.54) is 11.8 Å². The lowest BCUT2D eigenvalue weighted by Crippen LogP contribution is -2.13. The van der Waals surface area contributed by atoms with Crippen molar-refractivity contribution in [2.45, 2.75) is 18.4 Å². The number of hydrogen-bond acceptors (Lipinski definition) is 5. The molecule has 0 saturated carbocycles. The number of ether oxygens (including phenoxy) is 1. The Labute approximate surface area is 163 Å². The third-order valence-corrected chi connectivity index (χ3v) is 4.68. The van der Waals surface area contributed by atoms with E-state index in [0.717, 1.165) is 16.3 Å². The Morgan fingerprint density at radius 1 is 1.07 bits per heavy atom. The van der Waals surface area contributed by atoms with Crippen molar-refractivity contribution >= 4 is 23.4 Å². The van der Waals surface area contributed by atoms with Gasteiger partial charge in [0.2, 0.25) is 5.91 Å². The molecule has 138 valence electrons. The summed E-state index contributed by atoms with van der Waals surface area (Å²) in [4.78, 5) is 20.8. The van der Waals surface area contributed by atoms with Gasteiger partial charge >= 0.3 is 0 Å². The molecule has 0 aliphatic heterocycles. The molecule has 2 aromatic carbocycles. The zero-order valence-corrected chi connectivity index (χ0v) is 15.9. The highest BCUT2D eigenvalue weighted by Gasteiger charge is 2.08. The largest absolute Gasteiger partial charge is 0.492 e. The molecule has 1 heterocycles. The van der Waals surface area contributed by atoms with Gasteiger partial charge in [-0.3, -0.25) is 4.79 Å². The van der Waals surface area contributed by atoms with Crippen molar-refractivity contribution in [1.82, 2.24) is 9.97 Å². The molecule has 6 heteroatoms. The molecule has 0 radical (unpaired) electrons. The molecule has 0 aliphatic carbocycles. The van der Waals surface area contributed by atoms with Crippen LogP contribution in [0.4, 0.5) is 5.69 Å². The van der Waals surface area contributed by atoms with Crippen molar-refractivity contribution in [3.8, 4) is 17.0 Å². The second-order valence-electron chi connectivity index (χ2n) is 5.68. The fourth-order valence-electron chi connectivity index (χ4n) is 2.50. The molecule has 27 heavy (non-hydrogen) atoms. The van der Waals surface area contributed by atoms with Crippen LogP contribution >= 0.6 is 11.8 Å². The van der Waals surface area contributed by atoms with E-state index in [-0.39, 0.29) is 5.91 Å². The third kappa shape index (κ3) is 5.56. The highest BCUT2D eigenvalue weighted by Crippen LogP contribution is 2.25. The minimum atomic E-state index is -0.0491. The number of benzene rings is 2. The van der Waals surface area contributed by atoms with E-state index in [1.807, 2.05) is 67.6 Å². The summed E-state index contributed by atoms with van der Waals surface area (Å²) < 4.78 is 5.53. The lowest BCUT2D eigenvalue weighted by molar-refractivity contribution is -0.115. The van der Waals surface area contributed by atoms with Gasteiger partial charge in [-0.05, 0) is 25.1 Å². The van der Waals surface area contributed by atoms with E-state index < -0.39 is 0 Å². The van der Waals surface area contributed by atoms with E-state index in [1.54, 1.807) is 6.33 Å². The molecule has 0 spiro atoms. The SMILES string of the molecule is CCOc1ccccc1NC(=O)CCSc1cc(-c2ccccc2)ncn1. The van der Waals surface area contributed by atoms with Gasteiger partial charge in [-0.2, -0.15) is 0 Å². The van der Waals surface area contributed by atoms with Crippen LogP contribution in [0.2, 0.25) is 0 Å². The first-order chi connectivity index (χ1) is 13.3. The number of nitrogens with zero attached hydrogens (tertiary/aromatic N) is 2. The second kappa shape index (κ2) is 9.73. The first-order valence-electron chi connectivity index (χ1n) is 8.78. The van der Waals surface area contributed by atoms with Crippen molar-refractivity contribution in [2.24, 2.45) is 0 Å². The Kier molecular flexibility index (Phi) is 6.82. The number of para-hydroxylation sites is 2. The van der Waals surface area contributed by atoms with Crippen molar-refractivity contribution in [3.63, 3.8) is 0 Å². The van der Waals surface area contributed by atoms with Gasteiger partial charge in [0.05, 0.1) is 23.0 Å². The molecule has 0 aliphatic rings. The van der Waals surface area contributed by atoms with Crippen LogP contribution < -0.4 is 10.1 Å². The molecule has 0 unspecified atom stereocenters. The maximum absolute atomic E-state index is 12.2. The summed E-state index contributed by atoms with van der Waals surface area (Å²) >= 11 is 1.54. The van der Waals surface area contributed by atoms with Gasteiger partial charge in [0, 0.05) is 17.7 Å². The quantitative estimate of drug-likeness (QED) is 0.455. The Balaban J connectivity index is 1.54. The number of hydrogen-bond donors (Lipinski definition) is 1. The van der Waals surface area contributed by atoms with Crippen LogP contribution in [0.5, 0.6) is 5.75 Å². The van der Waals surface area contributed by atoms with E-state index >= 15 is 0 Å². The van der Waals surface area contributed by atoms with E-state index in [4.69, 9.17) is 4.74 Å². The summed E-state index contributed by atoms with van der Waals surface area (Å²) in [5.74, 6) is 1.27. The van der Waals surface area contributed by atoms with E-state index in [0.29, 0.717) is 30.2 Å². The molecule has 0 bridgehead atoms. The van der Waals surface area contributed by atoms with Crippen molar-refractivity contribution in [3.05, 3.63) is 67.0 Å². The van der Waals surface area contributed by atoms with Crippen LogP contribution in [-0.2, 0) is 4.79 Å². The average molecular weight is 379 g/mol. The lowest BCUT2D eigenvalue weighted by Gasteiger charge is -2.11. The molecule has 1 N–H and O–H groups in total. The van der Waals surface area contributed by atoms with Gasteiger partial charge in [-0.25, -0.2) is 9.97 Å². The van der Waals surface area contributed by atoms with Gasteiger partial charge < -0.3 is 10.1 Å². The van der Waals surface area contributed by atoms with E-state index in [9.17, 15) is 4.79 Å². The fraction of sp³-hybridized carbons (Fsp3) is 0.190. The molecule has 1 amide bonds. The Bertz CT molecular complexity index is 887. The van der Waals surface area contributed by atoms with Gasteiger partial charge in [0.1, 0.15) is 12.1 Å². The standard InChI is InChI=1S/C21H21N3O2S/c1-2-26-19-11-7-6-10-17(19)24-20(25)12-13-27-21-14-18(22-15-23-21)16-8-4-3-5-9-16/h3-11,14-15H,2,12-13H2,1H3,(H,24,25).